The number of guanidine groups is 1. The Bertz CT molecular complexity index is 822. The minimum atomic E-state index is -0.0921. The molecule has 0 bridgehead atoms. The molecule has 2 aromatic carbocycles. The van der Waals surface area contributed by atoms with Gasteiger partial charge < -0.3 is 15.9 Å². The summed E-state index contributed by atoms with van der Waals surface area (Å²) in [6, 6.07) is 9.06. The van der Waals surface area contributed by atoms with Crippen LogP contribution in [0.3, 0.4) is 0 Å². The molecule has 9 heteroatoms. The molecule has 0 heterocycles. The van der Waals surface area contributed by atoms with Crippen LogP contribution >= 0.6 is 23.2 Å². The standard InChI is InChI=1S/C15H13Cl2N5O2/c16-11-1-3-13(23)9(5-11)7-19-21-15(18)22-20-8-10-6-12(17)2-4-14(10)24/h1-8,23-24H,(H3,18,21,22)/b19-7-,20-8-. The normalized spacial score (nSPS) is 12.2. The van der Waals surface area contributed by atoms with E-state index >= 15 is 0 Å². The van der Waals surface area contributed by atoms with Gasteiger partial charge in [-0.1, -0.05) is 23.2 Å². The molecule has 0 atom stereocenters. The summed E-state index contributed by atoms with van der Waals surface area (Å²) in [5, 5.41) is 31.3. The topological polar surface area (TPSA) is 116 Å². The zero-order valence-corrected chi connectivity index (χ0v) is 13.7. The average molecular weight is 366 g/mol. The third-order valence-corrected chi connectivity index (χ3v) is 3.19. The number of aromatic hydroxyl groups is 2. The fraction of sp³-hybridized carbons (Fsp3) is 0. The fourth-order valence-corrected chi connectivity index (χ4v) is 1.96. The first-order chi connectivity index (χ1) is 11.5. The SMILES string of the molecule is NC(=N/N=C\c1cc(Cl)ccc1O)N/N=C\c1cc(Cl)ccc1O. The quantitative estimate of drug-likeness (QED) is 0.378. The predicted octanol–water partition coefficient (Wildman–Crippen LogP) is 2.68. The molecule has 0 spiro atoms. The van der Waals surface area contributed by atoms with Crippen molar-refractivity contribution >= 4 is 41.6 Å². The highest BCUT2D eigenvalue weighted by Crippen LogP contribution is 2.20. The van der Waals surface area contributed by atoms with E-state index in [9.17, 15) is 10.2 Å². The van der Waals surface area contributed by atoms with Crippen molar-refractivity contribution in [2.75, 3.05) is 0 Å². The van der Waals surface area contributed by atoms with Crippen LogP contribution in [0, 0.1) is 0 Å². The van der Waals surface area contributed by atoms with Gasteiger partial charge in [-0.3, -0.25) is 0 Å². The summed E-state index contributed by atoms with van der Waals surface area (Å²) >= 11 is 11.6. The molecule has 2 rings (SSSR count). The van der Waals surface area contributed by atoms with E-state index in [-0.39, 0.29) is 17.5 Å². The van der Waals surface area contributed by atoms with E-state index in [1.54, 1.807) is 12.1 Å². The first kappa shape index (κ1) is 17.6. The number of rotatable bonds is 4. The minimum absolute atomic E-state index is 0.0133. The molecular weight excluding hydrogens is 353 g/mol. The minimum Gasteiger partial charge on any atom is -0.507 e. The van der Waals surface area contributed by atoms with Gasteiger partial charge in [0.25, 0.3) is 0 Å². The van der Waals surface area contributed by atoms with Gasteiger partial charge in [-0.05, 0) is 36.4 Å². The van der Waals surface area contributed by atoms with Crippen LogP contribution in [-0.4, -0.2) is 28.6 Å². The number of nitrogens with one attached hydrogen (secondary N) is 1. The lowest BCUT2D eigenvalue weighted by Crippen LogP contribution is -2.26. The molecule has 0 saturated carbocycles. The second-order valence-corrected chi connectivity index (χ2v) is 5.38. The van der Waals surface area contributed by atoms with Crippen molar-refractivity contribution in [2.24, 2.45) is 21.0 Å². The molecule has 124 valence electrons. The first-order valence-corrected chi connectivity index (χ1v) is 7.34. The Labute approximate surface area is 147 Å². The maximum absolute atomic E-state index is 9.62. The third-order valence-electron chi connectivity index (χ3n) is 2.72. The van der Waals surface area contributed by atoms with Crippen molar-refractivity contribution in [3.8, 4) is 11.5 Å². The van der Waals surface area contributed by atoms with E-state index in [0.717, 1.165) is 0 Å². The highest BCUT2D eigenvalue weighted by atomic mass is 35.5. The Kier molecular flexibility index (Phi) is 6.00. The summed E-state index contributed by atoms with van der Waals surface area (Å²) in [5.41, 5.74) is 8.81. The second-order valence-electron chi connectivity index (χ2n) is 4.51. The lowest BCUT2D eigenvalue weighted by Gasteiger charge is -2.00. The Morgan fingerprint density at radius 1 is 0.958 bits per heavy atom. The second kappa shape index (κ2) is 8.19. The van der Waals surface area contributed by atoms with Crippen LogP contribution in [0.2, 0.25) is 10.0 Å². The summed E-state index contributed by atoms with van der Waals surface area (Å²) in [6.07, 6.45) is 2.62. The molecule has 0 aliphatic carbocycles. The van der Waals surface area contributed by atoms with Gasteiger partial charge in [-0.25, -0.2) is 5.43 Å². The molecule has 7 nitrogen and oxygen atoms in total. The monoisotopic (exact) mass is 365 g/mol. The van der Waals surface area contributed by atoms with Crippen LogP contribution in [0.15, 0.2) is 51.7 Å². The molecule has 2 aromatic rings. The number of nitrogens with two attached hydrogens (primary N) is 1. The van der Waals surface area contributed by atoms with Crippen molar-refractivity contribution in [2.45, 2.75) is 0 Å². The number of phenolic OH excluding ortho intramolecular Hbond substituents is 2. The van der Waals surface area contributed by atoms with Gasteiger partial charge >= 0.3 is 0 Å². The number of benzene rings is 2. The summed E-state index contributed by atoms with van der Waals surface area (Å²) in [4.78, 5) is 0. The average Bonchev–Trinajstić information content (AvgIpc) is 2.54. The Hall–Kier alpha value is -2.77. The molecule has 0 radical (unpaired) electrons. The zero-order chi connectivity index (χ0) is 17.5. The van der Waals surface area contributed by atoms with Crippen molar-refractivity contribution in [1.82, 2.24) is 5.43 Å². The van der Waals surface area contributed by atoms with Gasteiger partial charge in [0.1, 0.15) is 11.5 Å². The molecule has 0 aromatic heterocycles. The van der Waals surface area contributed by atoms with Gasteiger partial charge in [0.15, 0.2) is 0 Å². The van der Waals surface area contributed by atoms with Crippen molar-refractivity contribution in [3.63, 3.8) is 0 Å². The molecule has 24 heavy (non-hydrogen) atoms. The van der Waals surface area contributed by atoms with Gasteiger partial charge in [-0.2, -0.15) is 10.2 Å². The van der Waals surface area contributed by atoms with E-state index in [1.807, 2.05) is 0 Å². The van der Waals surface area contributed by atoms with Crippen LogP contribution < -0.4 is 11.2 Å². The highest BCUT2D eigenvalue weighted by molar-refractivity contribution is 6.31. The first-order valence-electron chi connectivity index (χ1n) is 6.58. The number of hydrogen-bond acceptors (Lipinski definition) is 5. The fourth-order valence-electron chi connectivity index (χ4n) is 1.60. The van der Waals surface area contributed by atoms with Gasteiger partial charge in [0.2, 0.25) is 5.96 Å². The molecular formula is C15H13Cl2N5O2. The van der Waals surface area contributed by atoms with Crippen LogP contribution in [0.1, 0.15) is 11.1 Å². The number of hydrazone groups is 1. The Balaban J connectivity index is 1.99. The van der Waals surface area contributed by atoms with Crippen molar-refractivity contribution < 1.29 is 10.2 Å². The molecule has 0 unspecified atom stereocenters. The van der Waals surface area contributed by atoms with Gasteiger partial charge in [0.05, 0.1) is 12.4 Å². The summed E-state index contributed by atoms with van der Waals surface area (Å²) in [7, 11) is 0. The van der Waals surface area contributed by atoms with Gasteiger partial charge in [0, 0.05) is 21.2 Å². The Morgan fingerprint density at radius 2 is 1.50 bits per heavy atom. The zero-order valence-electron chi connectivity index (χ0n) is 12.2. The predicted molar refractivity (Wildman–Crippen MR) is 96.2 cm³/mol. The molecule has 0 aliphatic heterocycles. The summed E-state index contributed by atoms with van der Waals surface area (Å²) in [5.74, 6) is -0.0558. The number of phenols is 2. The summed E-state index contributed by atoms with van der Waals surface area (Å²) < 4.78 is 0. The largest absolute Gasteiger partial charge is 0.507 e. The maximum atomic E-state index is 9.62. The molecule has 0 saturated heterocycles. The van der Waals surface area contributed by atoms with Crippen LogP contribution in [-0.2, 0) is 0 Å². The lowest BCUT2D eigenvalue weighted by molar-refractivity contribution is 0.474. The van der Waals surface area contributed by atoms with Crippen molar-refractivity contribution in [3.05, 3.63) is 57.6 Å². The van der Waals surface area contributed by atoms with E-state index < -0.39 is 0 Å². The van der Waals surface area contributed by atoms with E-state index in [4.69, 9.17) is 28.9 Å². The number of hydrogen-bond donors (Lipinski definition) is 4. The number of nitrogens with zero attached hydrogens (tertiary/aromatic N) is 3. The van der Waals surface area contributed by atoms with Crippen LogP contribution in [0.5, 0.6) is 11.5 Å². The van der Waals surface area contributed by atoms with E-state index in [2.05, 4.69) is 20.7 Å². The number of halogens is 2. The third kappa shape index (κ3) is 5.15. The van der Waals surface area contributed by atoms with Gasteiger partial charge in [-0.15, -0.1) is 5.10 Å². The maximum Gasteiger partial charge on any atom is 0.234 e. The Morgan fingerprint density at radius 3 is 2.08 bits per heavy atom. The smallest absolute Gasteiger partial charge is 0.234 e. The van der Waals surface area contributed by atoms with Crippen molar-refractivity contribution in [1.29, 1.82) is 0 Å². The molecule has 0 aliphatic rings. The van der Waals surface area contributed by atoms with Crippen LogP contribution in [0.25, 0.3) is 0 Å². The highest BCUT2D eigenvalue weighted by Gasteiger charge is 1.99. The molecule has 0 amide bonds. The molecule has 0 fully saturated rings. The van der Waals surface area contributed by atoms with Crippen LogP contribution in [0.4, 0.5) is 0 Å². The van der Waals surface area contributed by atoms with E-state index in [1.165, 1.54) is 36.7 Å². The summed E-state index contributed by atoms with van der Waals surface area (Å²) in [6.45, 7) is 0. The van der Waals surface area contributed by atoms with E-state index in [0.29, 0.717) is 21.2 Å². The lowest BCUT2D eigenvalue weighted by atomic mass is 10.2. The molecule has 5 N–H and O–H groups in total.